The van der Waals surface area contributed by atoms with Crippen molar-refractivity contribution in [3.05, 3.63) is 18.0 Å². The highest BCUT2D eigenvalue weighted by Gasteiger charge is 2.35. The predicted molar refractivity (Wildman–Crippen MR) is 86.3 cm³/mol. The Bertz CT molecular complexity index is 557. The maximum absolute atomic E-state index is 11.8. The van der Waals surface area contributed by atoms with Crippen molar-refractivity contribution in [2.24, 2.45) is 5.41 Å². The summed E-state index contributed by atoms with van der Waals surface area (Å²) in [5.74, 6) is -0.315. The average Bonchev–Trinajstić information content (AvgIpc) is 3.01. The van der Waals surface area contributed by atoms with Crippen molar-refractivity contribution in [3.8, 4) is 0 Å². The highest BCUT2D eigenvalue weighted by atomic mass is 32.2. The molecule has 0 spiro atoms. The number of nitrogens with zero attached hydrogens (tertiary/aromatic N) is 2. The minimum absolute atomic E-state index is 0.226. The molecule has 1 heterocycles. The Labute approximate surface area is 138 Å². The largest absolute Gasteiger partial charge is 0.306 e. The van der Waals surface area contributed by atoms with E-state index in [2.05, 4.69) is 5.10 Å². The Morgan fingerprint density at radius 1 is 1.48 bits per heavy atom. The summed E-state index contributed by atoms with van der Waals surface area (Å²) in [4.78, 5) is 11.8. The van der Waals surface area contributed by atoms with E-state index in [1.807, 2.05) is 12.4 Å². The van der Waals surface area contributed by atoms with E-state index < -0.39 is 22.4 Å². The van der Waals surface area contributed by atoms with E-state index in [1.165, 1.54) is 37.7 Å². The van der Waals surface area contributed by atoms with Gasteiger partial charge in [0.15, 0.2) is 11.1 Å². The lowest BCUT2D eigenvalue weighted by Crippen LogP contribution is -2.42. The smallest absolute Gasteiger partial charge is 0.250 e. The van der Waals surface area contributed by atoms with E-state index in [9.17, 15) is 9.00 Å². The number of aromatic nitrogens is 2. The van der Waals surface area contributed by atoms with E-state index >= 15 is 0 Å². The topological polar surface area (TPSA) is 104 Å². The summed E-state index contributed by atoms with van der Waals surface area (Å²) in [6.45, 7) is 2.02. The SMILES string of the molecule is C[C@](CCn1cc(C2CCCCC2)cn1)(CS(=O)O)C(=O)NO. The van der Waals surface area contributed by atoms with Crippen LogP contribution in [0.3, 0.4) is 0 Å². The molecule has 1 aliphatic rings. The Hall–Kier alpha value is -1.25. The number of rotatable bonds is 7. The Morgan fingerprint density at radius 3 is 2.78 bits per heavy atom. The van der Waals surface area contributed by atoms with Gasteiger partial charge in [0.2, 0.25) is 5.91 Å². The zero-order valence-corrected chi connectivity index (χ0v) is 14.2. The molecule has 2 atom stereocenters. The molecule has 1 amide bonds. The van der Waals surface area contributed by atoms with E-state index in [0.717, 1.165) is 0 Å². The van der Waals surface area contributed by atoms with Crippen molar-refractivity contribution in [3.63, 3.8) is 0 Å². The first-order valence-electron chi connectivity index (χ1n) is 7.99. The fourth-order valence-corrected chi connectivity index (χ4v) is 3.99. The van der Waals surface area contributed by atoms with Crippen LogP contribution in [0.5, 0.6) is 0 Å². The molecule has 7 nitrogen and oxygen atoms in total. The lowest BCUT2D eigenvalue weighted by atomic mass is 9.85. The van der Waals surface area contributed by atoms with Gasteiger partial charge in [0.25, 0.3) is 0 Å². The molecular formula is C15H25N3O4S. The molecule has 1 unspecified atom stereocenters. The van der Waals surface area contributed by atoms with Crippen molar-refractivity contribution in [1.82, 2.24) is 15.3 Å². The van der Waals surface area contributed by atoms with Crippen LogP contribution in [-0.4, -0.2) is 35.4 Å². The molecule has 0 radical (unpaired) electrons. The normalized spacial score (nSPS) is 20.0. The van der Waals surface area contributed by atoms with E-state index in [-0.39, 0.29) is 5.75 Å². The summed E-state index contributed by atoms with van der Waals surface area (Å²) in [5.41, 5.74) is 1.70. The molecule has 130 valence electrons. The number of hydrogen-bond acceptors (Lipinski definition) is 4. The van der Waals surface area contributed by atoms with Crippen LogP contribution in [0.15, 0.2) is 12.4 Å². The van der Waals surface area contributed by atoms with Crippen molar-refractivity contribution in [2.75, 3.05) is 5.75 Å². The van der Waals surface area contributed by atoms with Crippen LogP contribution in [0.2, 0.25) is 0 Å². The van der Waals surface area contributed by atoms with E-state index in [0.29, 0.717) is 18.9 Å². The summed E-state index contributed by atoms with van der Waals surface area (Å²) in [7, 11) is 0. The first kappa shape index (κ1) is 18.1. The van der Waals surface area contributed by atoms with Gasteiger partial charge in [-0.25, -0.2) is 9.69 Å². The van der Waals surface area contributed by atoms with Crippen LogP contribution in [-0.2, 0) is 22.4 Å². The van der Waals surface area contributed by atoms with Crippen LogP contribution >= 0.6 is 0 Å². The van der Waals surface area contributed by atoms with Crippen molar-refractivity contribution >= 4 is 17.0 Å². The molecule has 1 saturated carbocycles. The number of hydrogen-bond donors (Lipinski definition) is 3. The lowest BCUT2D eigenvalue weighted by Gasteiger charge is -2.25. The standard InChI is InChI=1S/C15H25N3O4S/c1-15(11-23(21)22,14(19)17-20)7-8-18-10-13(9-16-18)12-5-3-2-4-6-12/h9-10,12,20H,2-8,11H2,1H3,(H,17,19)(H,21,22)/t15-/m0/s1. The van der Waals surface area contributed by atoms with Crippen LogP contribution < -0.4 is 5.48 Å². The van der Waals surface area contributed by atoms with Gasteiger partial charge in [-0.15, -0.1) is 0 Å². The van der Waals surface area contributed by atoms with Gasteiger partial charge in [-0.2, -0.15) is 5.10 Å². The van der Waals surface area contributed by atoms with Crippen LogP contribution in [0.4, 0.5) is 0 Å². The Morgan fingerprint density at radius 2 is 2.17 bits per heavy atom. The van der Waals surface area contributed by atoms with Crippen LogP contribution in [0.25, 0.3) is 0 Å². The van der Waals surface area contributed by atoms with Crippen molar-refractivity contribution in [1.29, 1.82) is 0 Å². The van der Waals surface area contributed by atoms with Crippen LogP contribution in [0, 0.1) is 5.41 Å². The van der Waals surface area contributed by atoms with Gasteiger partial charge in [-0.1, -0.05) is 19.3 Å². The Balaban J connectivity index is 1.99. The molecule has 8 heteroatoms. The predicted octanol–water partition coefficient (Wildman–Crippen LogP) is 2.05. The van der Waals surface area contributed by atoms with Gasteiger partial charge in [-0.05, 0) is 37.7 Å². The third kappa shape index (κ3) is 4.86. The summed E-state index contributed by atoms with van der Waals surface area (Å²) >= 11 is -2.12. The second-order valence-corrected chi connectivity index (χ2v) is 7.52. The molecule has 0 aromatic carbocycles. The number of nitrogens with one attached hydrogen (secondary N) is 1. The summed E-state index contributed by atoms with van der Waals surface area (Å²) in [5, 5.41) is 13.2. The second kappa shape index (κ2) is 8.03. The summed E-state index contributed by atoms with van der Waals surface area (Å²) in [6, 6.07) is 0. The number of hydroxylamine groups is 1. The fraction of sp³-hybridized carbons (Fsp3) is 0.733. The van der Waals surface area contributed by atoms with Gasteiger partial charge >= 0.3 is 0 Å². The van der Waals surface area contributed by atoms with Gasteiger partial charge in [0.1, 0.15) is 0 Å². The second-order valence-electron chi connectivity index (χ2n) is 6.59. The molecule has 0 bridgehead atoms. The van der Waals surface area contributed by atoms with Gasteiger partial charge in [0, 0.05) is 12.7 Å². The first-order chi connectivity index (χ1) is 10.9. The molecule has 3 N–H and O–H groups in total. The first-order valence-corrected chi connectivity index (χ1v) is 9.26. The minimum Gasteiger partial charge on any atom is -0.306 e. The van der Waals surface area contributed by atoms with Crippen LogP contribution in [0.1, 0.15) is 56.9 Å². The maximum Gasteiger partial charge on any atom is 0.250 e. The Kier molecular flexibility index (Phi) is 6.32. The third-order valence-corrected chi connectivity index (χ3v) is 5.60. The number of carbonyl (C=O) groups is 1. The van der Waals surface area contributed by atoms with Gasteiger partial charge in [-0.3, -0.25) is 14.7 Å². The molecule has 1 aromatic rings. The van der Waals surface area contributed by atoms with E-state index in [4.69, 9.17) is 9.76 Å². The monoisotopic (exact) mass is 343 g/mol. The lowest BCUT2D eigenvalue weighted by molar-refractivity contribution is -0.138. The summed E-state index contributed by atoms with van der Waals surface area (Å²) in [6.07, 6.45) is 10.4. The quantitative estimate of drug-likeness (QED) is 0.399. The summed E-state index contributed by atoms with van der Waals surface area (Å²) < 4.78 is 21.9. The number of carbonyl (C=O) groups excluding carboxylic acids is 1. The number of aryl methyl sites for hydroxylation is 1. The van der Waals surface area contributed by atoms with Gasteiger partial charge < -0.3 is 4.55 Å². The third-order valence-electron chi connectivity index (χ3n) is 4.71. The molecule has 23 heavy (non-hydrogen) atoms. The highest BCUT2D eigenvalue weighted by Crippen LogP contribution is 2.32. The molecule has 1 aliphatic carbocycles. The van der Waals surface area contributed by atoms with E-state index in [1.54, 1.807) is 17.1 Å². The van der Waals surface area contributed by atoms with Gasteiger partial charge in [0.05, 0.1) is 17.4 Å². The molecule has 1 fully saturated rings. The minimum atomic E-state index is -2.12. The zero-order valence-electron chi connectivity index (χ0n) is 13.4. The highest BCUT2D eigenvalue weighted by molar-refractivity contribution is 7.79. The maximum atomic E-state index is 11.8. The van der Waals surface area contributed by atoms with Crippen molar-refractivity contribution < 1.29 is 18.8 Å². The molecule has 0 saturated heterocycles. The fourth-order valence-electron chi connectivity index (χ4n) is 3.17. The molecular weight excluding hydrogens is 318 g/mol. The molecule has 0 aliphatic heterocycles. The average molecular weight is 343 g/mol. The van der Waals surface area contributed by atoms with Crippen molar-refractivity contribution in [2.45, 2.75) is 57.9 Å². The molecule has 2 rings (SSSR count). The zero-order chi connectivity index (χ0) is 16.9. The molecule has 1 aromatic heterocycles. The number of amides is 1.